The van der Waals surface area contributed by atoms with Crippen LogP contribution in [0.4, 0.5) is 0 Å². The molecular formula is C45H37N. The molecule has 0 radical (unpaired) electrons. The van der Waals surface area contributed by atoms with E-state index in [2.05, 4.69) is 161 Å². The smallest absolute Gasteiger partial charge is 0.0626 e. The summed E-state index contributed by atoms with van der Waals surface area (Å²) in [7, 11) is 0. The van der Waals surface area contributed by atoms with E-state index in [9.17, 15) is 0 Å². The van der Waals surface area contributed by atoms with Gasteiger partial charge < -0.3 is 4.57 Å². The van der Waals surface area contributed by atoms with E-state index in [1.165, 1.54) is 94.3 Å². The van der Waals surface area contributed by atoms with Crippen molar-refractivity contribution in [2.24, 2.45) is 0 Å². The van der Waals surface area contributed by atoms with Crippen molar-refractivity contribution in [3.63, 3.8) is 0 Å². The topological polar surface area (TPSA) is 4.93 Å². The van der Waals surface area contributed by atoms with Crippen molar-refractivity contribution in [1.29, 1.82) is 0 Å². The SMILES string of the molecule is CC1(C)c2ccccc2-c2ccc(-n3c4ccccc4c4c5c(c6c(c43)-c3ccccc3C6(C)C)-c3ccccc3C5(C)C)cc21. The minimum absolute atomic E-state index is 0.0673. The molecule has 6 aromatic carbocycles. The van der Waals surface area contributed by atoms with Crippen LogP contribution in [0.1, 0.15) is 74.9 Å². The summed E-state index contributed by atoms with van der Waals surface area (Å²) >= 11 is 0. The number of para-hydroxylation sites is 1. The van der Waals surface area contributed by atoms with Gasteiger partial charge in [0.05, 0.1) is 11.0 Å². The number of benzene rings is 6. The normalized spacial score (nSPS) is 17.0. The number of rotatable bonds is 1. The highest BCUT2D eigenvalue weighted by molar-refractivity contribution is 6.21. The number of hydrogen-bond donors (Lipinski definition) is 0. The standard InChI is InChI=1S/C45H37N/c1-43(2)32-19-11-7-15-27(32)28-24-23-26(25-35(28)43)46-36-22-14-10-18-31(36)39-41-37(29-16-8-12-20-33(29)44(41,3)4)40-38(42(39)46)30-17-9-13-21-34(30)45(40,5)6/h7-25H,1-6H3. The van der Waals surface area contributed by atoms with Crippen molar-refractivity contribution in [2.45, 2.75) is 57.8 Å². The molecule has 0 saturated heterocycles. The lowest BCUT2D eigenvalue weighted by Gasteiger charge is -2.28. The molecule has 3 aliphatic rings. The molecule has 1 aromatic heterocycles. The van der Waals surface area contributed by atoms with Crippen LogP contribution in [0.3, 0.4) is 0 Å². The molecule has 0 bridgehead atoms. The van der Waals surface area contributed by atoms with E-state index in [0.29, 0.717) is 0 Å². The van der Waals surface area contributed by atoms with Crippen LogP contribution in [0.5, 0.6) is 0 Å². The van der Waals surface area contributed by atoms with Crippen LogP contribution in [-0.2, 0) is 16.2 Å². The highest BCUT2D eigenvalue weighted by Gasteiger charge is 2.47. The van der Waals surface area contributed by atoms with Crippen LogP contribution in [0.2, 0.25) is 0 Å². The van der Waals surface area contributed by atoms with Crippen molar-refractivity contribution in [3.8, 4) is 39.1 Å². The fraction of sp³-hybridized carbons (Fsp3) is 0.200. The summed E-state index contributed by atoms with van der Waals surface area (Å²) in [4.78, 5) is 0. The van der Waals surface area contributed by atoms with Gasteiger partial charge in [-0.15, -0.1) is 0 Å². The van der Waals surface area contributed by atoms with Gasteiger partial charge in [-0.05, 0) is 79.4 Å². The van der Waals surface area contributed by atoms with Gasteiger partial charge in [0.2, 0.25) is 0 Å². The maximum Gasteiger partial charge on any atom is 0.0626 e. The third kappa shape index (κ3) is 2.90. The van der Waals surface area contributed by atoms with Crippen molar-refractivity contribution in [1.82, 2.24) is 4.57 Å². The summed E-state index contributed by atoms with van der Waals surface area (Å²) in [5.41, 5.74) is 20.5. The summed E-state index contributed by atoms with van der Waals surface area (Å²) in [6.07, 6.45) is 0. The monoisotopic (exact) mass is 591 g/mol. The zero-order valence-electron chi connectivity index (χ0n) is 27.4. The van der Waals surface area contributed by atoms with Crippen molar-refractivity contribution < 1.29 is 0 Å². The van der Waals surface area contributed by atoms with Crippen LogP contribution in [-0.4, -0.2) is 4.57 Å². The van der Waals surface area contributed by atoms with E-state index in [4.69, 9.17) is 0 Å². The predicted octanol–water partition coefficient (Wildman–Crippen LogP) is 11.7. The average Bonchev–Trinajstić information content (AvgIpc) is 3.68. The lowest BCUT2D eigenvalue weighted by atomic mass is 9.75. The van der Waals surface area contributed by atoms with Gasteiger partial charge in [0.15, 0.2) is 0 Å². The molecule has 1 nitrogen and oxygen atoms in total. The highest BCUT2D eigenvalue weighted by Crippen LogP contribution is 2.63. The number of fused-ring (bicyclic) bond motifs is 15. The summed E-state index contributed by atoms with van der Waals surface area (Å²) in [6.45, 7) is 14.5. The van der Waals surface area contributed by atoms with Gasteiger partial charge in [0, 0.05) is 38.3 Å². The van der Waals surface area contributed by atoms with E-state index < -0.39 is 0 Å². The van der Waals surface area contributed by atoms with E-state index in [-0.39, 0.29) is 16.2 Å². The molecule has 0 atom stereocenters. The third-order valence-electron chi connectivity index (χ3n) is 11.9. The molecule has 0 amide bonds. The minimum Gasteiger partial charge on any atom is -0.309 e. The lowest BCUT2D eigenvalue weighted by molar-refractivity contribution is 0.651. The van der Waals surface area contributed by atoms with Crippen LogP contribution in [0.15, 0.2) is 115 Å². The first kappa shape index (κ1) is 26.3. The van der Waals surface area contributed by atoms with Gasteiger partial charge in [-0.1, -0.05) is 139 Å². The van der Waals surface area contributed by atoms with E-state index in [1.54, 1.807) is 0 Å². The maximum absolute atomic E-state index is 2.61. The Morgan fingerprint density at radius 2 is 0.957 bits per heavy atom. The van der Waals surface area contributed by atoms with Crippen LogP contribution in [0.25, 0.3) is 60.9 Å². The van der Waals surface area contributed by atoms with Gasteiger partial charge in [0.25, 0.3) is 0 Å². The van der Waals surface area contributed by atoms with E-state index >= 15 is 0 Å². The van der Waals surface area contributed by atoms with Crippen LogP contribution < -0.4 is 0 Å². The number of hydrogen-bond acceptors (Lipinski definition) is 0. The molecule has 46 heavy (non-hydrogen) atoms. The molecule has 1 heteroatoms. The van der Waals surface area contributed by atoms with Crippen molar-refractivity contribution in [3.05, 3.63) is 149 Å². The summed E-state index contributed by atoms with van der Waals surface area (Å²) < 4.78 is 2.61. The van der Waals surface area contributed by atoms with Crippen molar-refractivity contribution >= 4 is 21.8 Å². The van der Waals surface area contributed by atoms with Crippen LogP contribution in [0, 0.1) is 0 Å². The Hall–Kier alpha value is -4.88. The van der Waals surface area contributed by atoms with Crippen LogP contribution >= 0.6 is 0 Å². The summed E-state index contributed by atoms with van der Waals surface area (Å²) in [6, 6.07) is 43.7. The predicted molar refractivity (Wildman–Crippen MR) is 193 cm³/mol. The average molecular weight is 592 g/mol. The maximum atomic E-state index is 2.61. The van der Waals surface area contributed by atoms with Gasteiger partial charge in [-0.25, -0.2) is 0 Å². The first-order valence-corrected chi connectivity index (χ1v) is 16.7. The second-order valence-corrected chi connectivity index (χ2v) is 15.3. The molecule has 7 aromatic rings. The largest absolute Gasteiger partial charge is 0.309 e. The van der Waals surface area contributed by atoms with Gasteiger partial charge in [-0.2, -0.15) is 0 Å². The molecule has 0 N–H and O–H groups in total. The summed E-state index contributed by atoms with van der Waals surface area (Å²) in [5.74, 6) is 0. The zero-order chi connectivity index (χ0) is 31.3. The molecule has 0 unspecified atom stereocenters. The quantitative estimate of drug-likeness (QED) is 0.179. The molecular weight excluding hydrogens is 555 g/mol. The Kier molecular flexibility index (Phi) is 4.74. The molecule has 10 rings (SSSR count). The molecule has 3 aliphatic carbocycles. The van der Waals surface area contributed by atoms with Gasteiger partial charge >= 0.3 is 0 Å². The lowest BCUT2D eigenvalue weighted by Crippen LogP contribution is -2.19. The zero-order valence-corrected chi connectivity index (χ0v) is 27.4. The van der Waals surface area contributed by atoms with Gasteiger partial charge in [0.1, 0.15) is 0 Å². The van der Waals surface area contributed by atoms with Gasteiger partial charge in [-0.3, -0.25) is 0 Å². The summed E-state index contributed by atoms with van der Waals surface area (Å²) in [5, 5.41) is 2.74. The van der Waals surface area contributed by atoms with Crippen molar-refractivity contribution in [2.75, 3.05) is 0 Å². The Morgan fingerprint density at radius 1 is 0.435 bits per heavy atom. The second kappa shape index (κ2) is 8.28. The Morgan fingerprint density at radius 3 is 1.65 bits per heavy atom. The molecule has 0 spiro atoms. The Labute approximate surface area is 271 Å². The number of nitrogens with zero attached hydrogens (tertiary/aromatic N) is 1. The molecule has 0 saturated carbocycles. The molecule has 222 valence electrons. The molecule has 0 fully saturated rings. The Bertz CT molecular complexity index is 2500. The first-order valence-electron chi connectivity index (χ1n) is 16.7. The third-order valence-corrected chi connectivity index (χ3v) is 11.9. The number of aromatic nitrogens is 1. The first-order chi connectivity index (χ1) is 22.1. The second-order valence-electron chi connectivity index (χ2n) is 15.3. The molecule has 1 heterocycles. The fourth-order valence-electron chi connectivity index (χ4n) is 9.87. The fourth-order valence-corrected chi connectivity index (χ4v) is 9.87. The highest BCUT2D eigenvalue weighted by atomic mass is 15.0. The minimum atomic E-state index is -0.138. The Balaban J connectivity index is 1.42. The van der Waals surface area contributed by atoms with E-state index in [1.807, 2.05) is 0 Å². The van der Waals surface area contributed by atoms with E-state index in [0.717, 1.165) is 0 Å². The molecule has 0 aliphatic heterocycles.